The van der Waals surface area contributed by atoms with E-state index in [1.807, 2.05) is 31.3 Å². The van der Waals surface area contributed by atoms with Crippen molar-refractivity contribution in [2.45, 2.75) is 13.5 Å². The fourth-order valence-corrected chi connectivity index (χ4v) is 3.25. The van der Waals surface area contributed by atoms with Crippen molar-refractivity contribution in [2.24, 2.45) is 0 Å². The van der Waals surface area contributed by atoms with Crippen LogP contribution in [0.2, 0.25) is 5.15 Å². The summed E-state index contributed by atoms with van der Waals surface area (Å²) in [5, 5.41) is 0.817. The van der Waals surface area contributed by atoms with Gasteiger partial charge >= 0.3 is 0 Å². The predicted octanol–water partition coefficient (Wildman–Crippen LogP) is 2.87. The van der Waals surface area contributed by atoms with E-state index in [1.165, 1.54) is 10.6 Å². The number of para-hydroxylation sites is 1. The number of carbonyl (C=O) groups is 1. The first-order valence-corrected chi connectivity index (χ1v) is 9.32. The first-order valence-electron chi connectivity index (χ1n) is 8.94. The Kier molecular flexibility index (Phi) is 5.01. The maximum absolute atomic E-state index is 12.6. The lowest BCUT2D eigenvalue weighted by atomic mass is 10.2. The van der Waals surface area contributed by atoms with Gasteiger partial charge in [0.15, 0.2) is 5.15 Å². The molecular formula is C20H17ClN6O2. The first-order chi connectivity index (χ1) is 14.1. The molecule has 0 aliphatic rings. The maximum atomic E-state index is 12.6. The van der Waals surface area contributed by atoms with Gasteiger partial charge in [-0.1, -0.05) is 29.8 Å². The van der Waals surface area contributed by atoms with Gasteiger partial charge in [0.2, 0.25) is 5.95 Å². The van der Waals surface area contributed by atoms with Gasteiger partial charge in [0.25, 0.3) is 11.5 Å². The van der Waals surface area contributed by atoms with Gasteiger partial charge in [-0.05, 0) is 37.3 Å². The normalized spacial score (nSPS) is 11.4. The van der Waals surface area contributed by atoms with Crippen molar-refractivity contribution in [1.82, 2.24) is 24.4 Å². The number of hydrogen-bond acceptors (Lipinski definition) is 5. The summed E-state index contributed by atoms with van der Waals surface area (Å²) >= 11 is 6.16. The molecule has 3 heterocycles. The summed E-state index contributed by atoms with van der Waals surface area (Å²) in [7, 11) is 0. The van der Waals surface area contributed by atoms with Crippen LogP contribution >= 0.6 is 11.6 Å². The monoisotopic (exact) mass is 408 g/mol. The van der Waals surface area contributed by atoms with Crippen molar-refractivity contribution in [3.8, 4) is 0 Å². The highest BCUT2D eigenvalue weighted by Gasteiger charge is 2.10. The Morgan fingerprint density at radius 3 is 2.79 bits per heavy atom. The number of rotatable bonds is 5. The van der Waals surface area contributed by atoms with E-state index in [0.29, 0.717) is 33.9 Å². The molecular weight excluding hydrogens is 392 g/mol. The maximum Gasteiger partial charge on any atom is 0.262 e. The van der Waals surface area contributed by atoms with Crippen molar-refractivity contribution < 1.29 is 4.79 Å². The van der Waals surface area contributed by atoms with E-state index < -0.39 is 5.91 Å². The molecule has 4 aromatic rings. The minimum atomic E-state index is -0.433. The minimum Gasteiger partial charge on any atom is -0.299 e. The van der Waals surface area contributed by atoms with Crippen LogP contribution in [0.1, 0.15) is 12.6 Å². The van der Waals surface area contributed by atoms with E-state index in [1.54, 1.807) is 34.7 Å². The van der Waals surface area contributed by atoms with Crippen molar-refractivity contribution in [3.63, 3.8) is 0 Å². The summed E-state index contributed by atoms with van der Waals surface area (Å²) < 4.78 is 3.23. The molecule has 0 unspecified atom stereocenters. The summed E-state index contributed by atoms with van der Waals surface area (Å²) in [6.45, 7) is 2.24. The molecule has 1 amide bonds. The lowest BCUT2D eigenvalue weighted by Gasteiger charge is -2.13. The second-order valence-electron chi connectivity index (χ2n) is 6.17. The number of amides is 1. The molecule has 4 rings (SSSR count). The van der Waals surface area contributed by atoms with Crippen LogP contribution < -0.4 is 16.4 Å². The number of nitrogens with one attached hydrogen (secondary N) is 2. The van der Waals surface area contributed by atoms with E-state index >= 15 is 0 Å². The number of pyridine rings is 1. The molecule has 0 bridgehead atoms. The zero-order valence-corrected chi connectivity index (χ0v) is 16.2. The zero-order valence-electron chi connectivity index (χ0n) is 15.5. The Balaban J connectivity index is 1.55. The number of aromatic nitrogens is 4. The van der Waals surface area contributed by atoms with Crippen molar-refractivity contribution in [1.29, 1.82) is 0 Å². The fraction of sp³-hybridized carbons (Fsp3) is 0.100. The van der Waals surface area contributed by atoms with E-state index in [-0.39, 0.29) is 11.5 Å². The second kappa shape index (κ2) is 7.76. The van der Waals surface area contributed by atoms with E-state index in [0.717, 1.165) is 0 Å². The average molecular weight is 409 g/mol. The van der Waals surface area contributed by atoms with Gasteiger partial charge in [-0.3, -0.25) is 29.4 Å². The number of carbonyl (C=O) groups excluding carboxylic acids is 1. The number of nitrogens with zero attached hydrogens (tertiary/aromatic N) is 4. The van der Waals surface area contributed by atoms with Crippen LogP contribution in [0.5, 0.6) is 0 Å². The third-order valence-electron chi connectivity index (χ3n) is 4.39. The van der Waals surface area contributed by atoms with Crippen LogP contribution in [0.4, 0.5) is 5.95 Å². The molecule has 9 heteroatoms. The summed E-state index contributed by atoms with van der Waals surface area (Å²) in [5.74, 6) is -0.178. The summed E-state index contributed by atoms with van der Waals surface area (Å²) in [6.07, 6.45) is 4.70. The van der Waals surface area contributed by atoms with Crippen LogP contribution in [-0.2, 0) is 11.3 Å². The van der Waals surface area contributed by atoms with Crippen LogP contribution in [0.3, 0.4) is 0 Å². The predicted molar refractivity (Wildman–Crippen MR) is 113 cm³/mol. The van der Waals surface area contributed by atoms with Gasteiger partial charge < -0.3 is 0 Å². The molecule has 8 nitrogen and oxygen atoms in total. The highest BCUT2D eigenvalue weighted by atomic mass is 35.5. The number of anilines is 1. The van der Waals surface area contributed by atoms with Gasteiger partial charge in [0.05, 0.1) is 16.6 Å². The van der Waals surface area contributed by atoms with Crippen LogP contribution in [0, 0.1) is 0 Å². The number of halogens is 1. The number of hydrazine groups is 1. The fourth-order valence-electron chi connectivity index (χ4n) is 3.01. The molecule has 0 atom stereocenters. The Labute approximate surface area is 170 Å². The lowest BCUT2D eigenvalue weighted by molar-refractivity contribution is -0.116. The molecule has 29 heavy (non-hydrogen) atoms. The van der Waals surface area contributed by atoms with E-state index in [9.17, 15) is 9.59 Å². The number of hydrogen-bond donors (Lipinski definition) is 2. The summed E-state index contributed by atoms with van der Waals surface area (Å²) in [4.78, 5) is 33.5. The quantitative estimate of drug-likeness (QED) is 0.391. The second-order valence-corrected chi connectivity index (χ2v) is 6.52. The zero-order chi connectivity index (χ0) is 20.4. The standard InChI is InChI=1S/C20H17ClN6O2/c1-2-26-19(29)13-7-3-4-8-14(13)22-20(26)25-24-17(28)11-10-15-18(21)23-16-9-5-6-12-27(15)16/h3-12H,2H2,1H3,(H,22,25)(H,24,28)/b11-10+. The van der Waals surface area contributed by atoms with Crippen LogP contribution in [0.15, 0.2) is 59.5 Å². The van der Waals surface area contributed by atoms with Gasteiger partial charge in [0.1, 0.15) is 5.65 Å². The van der Waals surface area contributed by atoms with Crippen LogP contribution in [-0.4, -0.2) is 24.8 Å². The Hall–Kier alpha value is -3.65. The Morgan fingerprint density at radius 2 is 1.97 bits per heavy atom. The van der Waals surface area contributed by atoms with Crippen molar-refractivity contribution in [2.75, 3.05) is 5.43 Å². The Bertz CT molecular complexity index is 1310. The molecule has 0 aliphatic carbocycles. The smallest absolute Gasteiger partial charge is 0.262 e. The summed E-state index contributed by atoms with van der Waals surface area (Å²) in [5.41, 5.74) is 6.89. The molecule has 1 aromatic carbocycles. The molecule has 146 valence electrons. The van der Waals surface area contributed by atoms with Crippen LogP contribution in [0.25, 0.3) is 22.6 Å². The number of imidazole rings is 1. The highest BCUT2D eigenvalue weighted by molar-refractivity contribution is 6.31. The summed E-state index contributed by atoms with van der Waals surface area (Å²) in [6, 6.07) is 12.6. The third-order valence-corrected chi connectivity index (χ3v) is 4.67. The van der Waals surface area contributed by atoms with Gasteiger partial charge in [-0.15, -0.1) is 0 Å². The van der Waals surface area contributed by atoms with Gasteiger partial charge in [-0.25, -0.2) is 9.97 Å². The first kappa shape index (κ1) is 18.7. The van der Waals surface area contributed by atoms with Gasteiger partial charge in [-0.2, -0.15) is 0 Å². The van der Waals surface area contributed by atoms with E-state index in [2.05, 4.69) is 20.8 Å². The Morgan fingerprint density at radius 1 is 1.17 bits per heavy atom. The molecule has 0 spiro atoms. The largest absolute Gasteiger partial charge is 0.299 e. The van der Waals surface area contributed by atoms with Crippen molar-refractivity contribution in [3.05, 3.63) is 75.9 Å². The molecule has 0 saturated heterocycles. The van der Waals surface area contributed by atoms with Gasteiger partial charge in [0, 0.05) is 18.8 Å². The molecule has 3 aromatic heterocycles. The molecule has 0 saturated carbocycles. The van der Waals surface area contributed by atoms with E-state index in [4.69, 9.17) is 11.6 Å². The topological polar surface area (TPSA) is 93.3 Å². The minimum absolute atomic E-state index is 0.178. The average Bonchev–Trinajstić information content (AvgIpc) is 3.06. The third kappa shape index (κ3) is 3.57. The molecule has 2 N–H and O–H groups in total. The molecule has 0 radical (unpaired) electrons. The lowest BCUT2D eigenvalue weighted by Crippen LogP contribution is -2.33. The number of fused-ring (bicyclic) bond motifs is 2. The molecule has 0 fully saturated rings. The SMILES string of the molecule is CCn1c(NNC(=O)/C=C/c2c(Cl)nc3ccccn23)nc2ccccc2c1=O. The number of benzene rings is 1. The molecule has 0 aliphatic heterocycles. The van der Waals surface area contributed by atoms with Crippen molar-refractivity contribution >= 4 is 46.1 Å². The highest BCUT2D eigenvalue weighted by Crippen LogP contribution is 2.18.